The maximum Gasteiger partial charge on any atom is 0.269 e. The average Bonchev–Trinajstić information content (AvgIpc) is 2.26. The van der Waals surface area contributed by atoms with Crippen molar-refractivity contribution in [1.82, 2.24) is 5.32 Å². The molecule has 3 N–H and O–H groups in total. The average molecular weight is 237 g/mol. The summed E-state index contributed by atoms with van der Waals surface area (Å²) in [5.41, 5.74) is 5.92. The summed E-state index contributed by atoms with van der Waals surface area (Å²) in [4.78, 5) is 20.8. The van der Waals surface area contributed by atoms with Crippen molar-refractivity contribution >= 4 is 11.6 Å². The highest BCUT2D eigenvalue weighted by molar-refractivity contribution is 5.74. The van der Waals surface area contributed by atoms with E-state index in [0.29, 0.717) is 6.54 Å². The van der Waals surface area contributed by atoms with E-state index in [-0.39, 0.29) is 24.1 Å². The second-order valence-electron chi connectivity index (χ2n) is 3.88. The van der Waals surface area contributed by atoms with E-state index in [1.54, 1.807) is 12.1 Å². The van der Waals surface area contributed by atoms with Gasteiger partial charge in [0.25, 0.3) is 5.69 Å². The molecular weight excluding hydrogens is 222 g/mol. The van der Waals surface area contributed by atoms with Crippen LogP contribution in [0.3, 0.4) is 0 Å². The Hall–Kier alpha value is -1.95. The van der Waals surface area contributed by atoms with Crippen LogP contribution >= 0.6 is 0 Å². The van der Waals surface area contributed by atoms with Gasteiger partial charge in [0.2, 0.25) is 5.91 Å². The van der Waals surface area contributed by atoms with Gasteiger partial charge in [-0.15, -0.1) is 0 Å². The Morgan fingerprint density at radius 3 is 2.88 bits per heavy atom. The molecule has 6 nitrogen and oxygen atoms in total. The number of hydrogen-bond acceptors (Lipinski definition) is 4. The fraction of sp³-hybridized carbons (Fsp3) is 0.364. The molecule has 1 atom stereocenters. The zero-order chi connectivity index (χ0) is 12.8. The van der Waals surface area contributed by atoms with Crippen molar-refractivity contribution in [2.45, 2.75) is 25.9 Å². The number of nitro benzene ring substituents is 1. The van der Waals surface area contributed by atoms with Crippen LogP contribution in [0, 0.1) is 10.1 Å². The molecule has 0 aliphatic heterocycles. The number of nitrogens with one attached hydrogen (secondary N) is 1. The molecule has 0 heterocycles. The van der Waals surface area contributed by atoms with Gasteiger partial charge in [0, 0.05) is 31.1 Å². The standard InChI is InChI=1S/C11H15N3O3/c1-8(5-11(12)15)13-7-9-3-2-4-10(6-9)14(16)17/h2-4,6,8,13H,5,7H2,1H3,(H2,12,15). The Morgan fingerprint density at radius 2 is 2.29 bits per heavy atom. The second kappa shape index (κ2) is 5.95. The summed E-state index contributed by atoms with van der Waals surface area (Å²) < 4.78 is 0. The fourth-order valence-corrected chi connectivity index (χ4v) is 1.45. The Kier molecular flexibility index (Phi) is 4.59. The maximum absolute atomic E-state index is 10.7. The van der Waals surface area contributed by atoms with E-state index >= 15 is 0 Å². The van der Waals surface area contributed by atoms with Crippen LogP contribution in [0.5, 0.6) is 0 Å². The number of carbonyl (C=O) groups is 1. The summed E-state index contributed by atoms with van der Waals surface area (Å²) in [6, 6.07) is 6.32. The highest BCUT2D eigenvalue weighted by Crippen LogP contribution is 2.12. The molecule has 1 rings (SSSR count). The van der Waals surface area contributed by atoms with Gasteiger partial charge in [-0.25, -0.2) is 0 Å². The number of nitro groups is 1. The monoisotopic (exact) mass is 237 g/mol. The molecule has 92 valence electrons. The molecule has 0 radical (unpaired) electrons. The Bertz CT molecular complexity index is 420. The van der Waals surface area contributed by atoms with E-state index in [0.717, 1.165) is 5.56 Å². The topological polar surface area (TPSA) is 98.3 Å². The normalized spacial score (nSPS) is 12.1. The van der Waals surface area contributed by atoms with Crippen LogP contribution in [0.4, 0.5) is 5.69 Å². The van der Waals surface area contributed by atoms with E-state index in [1.165, 1.54) is 12.1 Å². The molecule has 1 aromatic rings. The van der Waals surface area contributed by atoms with Gasteiger partial charge in [0.15, 0.2) is 0 Å². The van der Waals surface area contributed by atoms with Gasteiger partial charge in [-0.2, -0.15) is 0 Å². The molecule has 6 heteroatoms. The number of rotatable bonds is 6. The third kappa shape index (κ3) is 4.60. The lowest BCUT2D eigenvalue weighted by molar-refractivity contribution is -0.384. The molecule has 0 saturated carbocycles. The third-order valence-electron chi connectivity index (χ3n) is 2.28. The number of hydrogen-bond donors (Lipinski definition) is 2. The van der Waals surface area contributed by atoms with E-state index < -0.39 is 4.92 Å². The lowest BCUT2D eigenvalue weighted by atomic mass is 10.1. The largest absolute Gasteiger partial charge is 0.370 e. The van der Waals surface area contributed by atoms with Crippen LogP contribution in [-0.2, 0) is 11.3 Å². The molecule has 0 aliphatic carbocycles. The minimum atomic E-state index is -0.434. The van der Waals surface area contributed by atoms with Crippen molar-refractivity contribution in [3.8, 4) is 0 Å². The first-order valence-corrected chi connectivity index (χ1v) is 5.24. The molecular formula is C11H15N3O3. The smallest absolute Gasteiger partial charge is 0.269 e. The zero-order valence-corrected chi connectivity index (χ0v) is 9.55. The van der Waals surface area contributed by atoms with Crippen molar-refractivity contribution in [1.29, 1.82) is 0 Å². The molecule has 1 unspecified atom stereocenters. The summed E-state index contributed by atoms with van der Waals surface area (Å²) in [5, 5.41) is 13.6. The Labute approximate surface area is 99.0 Å². The van der Waals surface area contributed by atoms with Gasteiger partial charge in [0.05, 0.1) is 4.92 Å². The van der Waals surface area contributed by atoms with E-state index in [2.05, 4.69) is 5.32 Å². The van der Waals surface area contributed by atoms with Crippen LogP contribution < -0.4 is 11.1 Å². The number of primary amides is 1. The summed E-state index contributed by atoms with van der Waals surface area (Å²) in [6.07, 6.45) is 0.245. The van der Waals surface area contributed by atoms with Gasteiger partial charge in [-0.3, -0.25) is 14.9 Å². The van der Waals surface area contributed by atoms with Crippen molar-refractivity contribution in [2.24, 2.45) is 5.73 Å². The minimum absolute atomic E-state index is 0.0493. The summed E-state index contributed by atoms with van der Waals surface area (Å²) in [5.74, 6) is -0.371. The van der Waals surface area contributed by atoms with Gasteiger partial charge in [-0.1, -0.05) is 12.1 Å². The minimum Gasteiger partial charge on any atom is -0.370 e. The van der Waals surface area contributed by atoms with Gasteiger partial charge >= 0.3 is 0 Å². The molecule has 0 saturated heterocycles. The number of nitrogens with two attached hydrogens (primary N) is 1. The summed E-state index contributed by atoms with van der Waals surface area (Å²) >= 11 is 0. The zero-order valence-electron chi connectivity index (χ0n) is 9.55. The lowest BCUT2D eigenvalue weighted by Crippen LogP contribution is -2.30. The van der Waals surface area contributed by atoms with E-state index in [9.17, 15) is 14.9 Å². The second-order valence-corrected chi connectivity index (χ2v) is 3.88. The molecule has 0 spiro atoms. The van der Waals surface area contributed by atoms with Crippen molar-refractivity contribution in [2.75, 3.05) is 0 Å². The Balaban J connectivity index is 2.54. The maximum atomic E-state index is 10.7. The number of amides is 1. The molecule has 0 aromatic heterocycles. The number of benzene rings is 1. The molecule has 0 bridgehead atoms. The van der Waals surface area contributed by atoms with Crippen molar-refractivity contribution in [3.05, 3.63) is 39.9 Å². The fourth-order valence-electron chi connectivity index (χ4n) is 1.45. The first-order chi connectivity index (χ1) is 7.99. The first-order valence-electron chi connectivity index (χ1n) is 5.24. The number of carbonyl (C=O) groups excluding carboxylic acids is 1. The highest BCUT2D eigenvalue weighted by Gasteiger charge is 2.08. The molecule has 0 fully saturated rings. The molecule has 1 amide bonds. The summed E-state index contributed by atoms with van der Waals surface area (Å²) in [6.45, 7) is 2.30. The van der Waals surface area contributed by atoms with Crippen LogP contribution in [0.15, 0.2) is 24.3 Å². The first kappa shape index (κ1) is 13.1. The van der Waals surface area contributed by atoms with E-state index in [4.69, 9.17) is 5.73 Å². The number of nitrogens with zero attached hydrogens (tertiary/aromatic N) is 1. The SMILES string of the molecule is CC(CC(N)=O)NCc1cccc([N+](=O)[O-])c1. The predicted molar refractivity (Wildman–Crippen MR) is 63.2 cm³/mol. The van der Waals surface area contributed by atoms with Gasteiger partial charge in [-0.05, 0) is 12.5 Å². The van der Waals surface area contributed by atoms with Gasteiger partial charge in [0.1, 0.15) is 0 Å². The molecule has 17 heavy (non-hydrogen) atoms. The third-order valence-corrected chi connectivity index (χ3v) is 2.28. The van der Waals surface area contributed by atoms with Crippen LogP contribution in [0.25, 0.3) is 0 Å². The van der Waals surface area contributed by atoms with Crippen LogP contribution in [0.1, 0.15) is 18.9 Å². The van der Waals surface area contributed by atoms with Crippen molar-refractivity contribution in [3.63, 3.8) is 0 Å². The lowest BCUT2D eigenvalue weighted by Gasteiger charge is -2.11. The predicted octanol–water partition coefficient (Wildman–Crippen LogP) is 0.948. The molecule has 1 aromatic carbocycles. The van der Waals surface area contributed by atoms with Crippen LogP contribution in [-0.4, -0.2) is 16.9 Å². The molecule has 0 aliphatic rings. The van der Waals surface area contributed by atoms with E-state index in [1.807, 2.05) is 6.92 Å². The Morgan fingerprint density at radius 1 is 1.59 bits per heavy atom. The highest BCUT2D eigenvalue weighted by atomic mass is 16.6. The van der Waals surface area contributed by atoms with Crippen LogP contribution in [0.2, 0.25) is 0 Å². The summed E-state index contributed by atoms with van der Waals surface area (Å²) in [7, 11) is 0. The number of non-ortho nitro benzene ring substituents is 1. The van der Waals surface area contributed by atoms with Crippen molar-refractivity contribution < 1.29 is 9.72 Å². The van der Waals surface area contributed by atoms with Gasteiger partial charge < -0.3 is 11.1 Å². The quantitative estimate of drug-likeness (QED) is 0.568.